The first kappa shape index (κ1) is 12.4. The summed E-state index contributed by atoms with van der Waals surface area (Å²) in [6.07, 6.45) is 0. The van der Waals surface area contributed by atoms with Gasteiger partial charge in [-0.3, -0.25) is 0 Å². The van der Waals surface area contributed by atoms with E-state index in [0.29, 0.717) is 26.9 Å². The van der Waals surface area contributed by atoms with Crippen LogP contribution in [0, 0.1) is 11.6 Å². The largest absolute Gasteiger partial charge is 0.338 e. The van der Waals surface area contributed by atoms with Crippen LogP contribution in [-0.2, 0) is 0 Å². The average Bonchev–Trinajstić information content (AvgIpc) is 2.81. The van der Waals surface area contributed by atoms with E-state index in [2.05, 4.69) is 9.97 Å². The molecule has 3 aromatic rings. The van der Waals surface area contributed by atoms with Crippen LogP contribution in [0.4, 0.5) is 8.78 Å². The third-order valence-corrected chi connectivity index (χ3v) is 3.29. The van der Waals surface area contributed by atoms with Crippen molar-refractivity contribution in [1.29, 1.82) is 0 Å². The molecule has 2 nitrogen and oxygen atoms in total. The van der Waals surface area contributed by atoms with Crippen LogP contribution in [0.25, 0.3) is 22.4 Å². The van der Waals surface area contributed by atoms with Crippen LogP contribution < -0.4 is 0 Å². The Morgan fingerprint density at radius 2 is 1.84 bits per heavy atom. The summed E-state index contributed by atoms with van der Waals surface area (Å²) in [5, 5.41) is 0.899. The predicted molar refractivity (Wildman–Crippen MR) is 71.5 cm³/mol. The highest BCUT2D eigenvalue weighted by atomic mass is 35.5. The van der Waals surface area contributed by atoms with Crippen LogP contribution in [0.5, 0.6) is 0 Å². The van der Waals surface area contributed by atoms with Crippen molar-refractivity contribution in [2.75, 3.05) is 0 Å². The molecule has 0 bridgehead atoms. The lowest BCUT2D eigenvalue weighted by atomic mass is 10.2. The molecule has 1 N–H and O–H groups in total. The summed E-state index contributed by atoms with van der Waals surface area (Å²) < 4.78 is 26.7. The van der Waals surface area contributed by atoms with E-state index in [-0.39, 0.29) is 5.52 Å². The fraction of sp³-hybridized carbons (Fsp3) is 0. The van der Waals surface area contributed by atoms with E-state index in [0.717, 1.165) is 6.07 Å². The first-order chi connectivity index (χ1) is 9.06. The fourth-order valence-corrected chi connectivity index (χ4v) is 2.20. The van der Waals surface area contributed by atoms with Gasteiger partial charge in [0.15, 0.2) is 11.6 Å². The van der Waals surface area contributed by atoms with Crippen LogP contribution in [0.3, 0.4) is 0 Å². The zero-order valence-electron chi connectivity index (χ0n) is 9.35. The van der Waals surface area contributed by atoms with Gasteiger partial charge < -0.3 is 4.98 Å². The number of nitrogens with one attached hydrogen (secondary N) is 1. The zero-order chi connectivity index (χ0) is 13.6. The number of fused-ring (bicyclic) bond motifs is 1. The number of aromatic amines is 1. The molecule has 0 aliphatic heterocycles. The molecule has 19 heavy (non-hydrogen) atoms. The normalized spacial score (nSPS) is 11.2. The molecular weight excluding hydrogens is 293 g/mol. The maximum absolute atomic E-state index is 13.6. The third kappa shape index (κ3) is 2.07. The van der Waals surface area contributed by atoms with E-state index in [1.165, 1.54) is 6.07 Å². The second kappa shape index (κ2) is 4.47. The van der Waals surface area contributed by atoms with Crippen molar-refractivity contribution in [3.05, 3.63) is 52.0 Å². The van der Waals surface area contributed by atoms with Crippen molar-refractivity contribution in [2.24, 2.45) is 0 Å². The minimum absolute atomic E-state index is 0.0638. The second-order valence-electron chi connectivity index (χ2n) is 3.97. The highest BCUT2D eigenvalue weighted by Crippen LogP contribution is 2.30. The molecule has 0 amide bonds. The number of aromatic nitrogens is 2. The van der Waals surface area contributed by atoms with Gasteiger partial charge >= 0.3 is 0 Å². The Kier molecular flexibility index (Phi) is 2.92. The monoisotopic (exact) mass is 298 g/mol. The lowest BCUT2D eigenvalue weighted by Gasteiger charge is -2.00. The highest BCUT2D eigenvalue weighted by Gasteiger charge is 2.14. The number of imidazole rings is 1. The van der Waals surface area contributed by atoms with Crippen LogP contribution in [-0.4, -0.2) is 9.97 Å². The summed E-state index contributed by atoms with van der Waals surface area (Å²) in [6.45, 7) is 0. The molecule has 1 heterocycles. The van der Waals surface area contributed by atoms with Gasteiger partial charge in [0, 0.05) is 10.6 Å². The van der Waals surface area contributed by atoms with E-state index in [1.54, 1.807) is 18.2 Å². The van der Waals surface area contributed by atoms with E-state index in [1.807, 2.05) is 0 Å². The van der Waals surface area contributed by atoms with Gasteiger partial charge in [-0.15, -0.1) is 0 Å². The quantitative estimate of drug-likeness (QED) is 0.686. The lowest BCUT2D eigenvalue weighted by molar-refractivity contribution is 0.515. The van der Waals surface area contributed by atoms with E-state index >= 15 is 0 Å². The average molecular weight is 299 g/mol. The molecule has 0 spiro atoms. The predicted octanol–water partition coefficient (Wildman–Crippen LogP) is 4.81. The van der Waals surface area contributed by atoms with Gasteiger partial charge in [-0.1, -0.05) is 23.2 Å². The molecule has 0 atom stereocenters. The molecule has 0 saturated carbocycles. The van der Waals surface area contributed by atoms with Crippen molar-refractivity contribution >= 4 is 34.2 Å². The Balaban J connectivity index is 2.26. The van der Waals surface area contributed by atoms with Gasteiger partial charge in [-0.25, -0.2) is 13.8 Å². The Hall–Kier alpha value is -1.65. The highest BCUT2D eigenvalue weighted by molar-refractivity contribution is 6.35. The number of hydrogen-bond acceptors (Lipinski definition) is 1. The number of benzene rings is 2. The van der Waals surface area contributed by atoms with Crippen LogP contribution >= 0.6 is 23.2 Å². The van der Waals surface area contributed by atoms with Crippen molar-refractivity contribution in [3.63, 3.8) is 0 Å². The van der Waals surface area contributed by atoms with E-state index in [4.69, 9.17) is 23.2 Å². The number of hydrogen-bond donors (Lipinski definition) is 1. The second-order valence-corrected chi connectivity index (χ2v) is 4.81. The fourth-order valence-electron chi connectivity index (χ4n) is 1.82. The maximum atomic E-state index is 13.6. The van der Waals surface area contributed by atoms with Crippen LogP contribution in [0.2, 0.25) is 10.0 Å². The van der Waals surface area contributed by atoms with Crippen molar-refractivity contribution < 1.29 is 8.78 Å². The Labute approximate surface area is 117 Å². The van der Waals surface area contributed by atoms with Crippen molar-refractivity contribution in [1.82, 2.24) is 9.97 Å². The molecule has 0 radical (unpaired) electrons. The molecule has 0 fully saturated rings. The number of rotatable bonds is 1. The van der Waals surface area contributed by atoms with Gasteiger partial charge in [0.05, 0.1) is 10.5 Å². The van der Waals surface area contributed by atoms with Crippen LogP contribution in [0.15, 0.2) is 30.3 Å². The molecule has 1 aromatic heterocycles. The molecule has 0 aliphatic rings. The molecule has 6 heteroatoms. The Morgan fingerprint density at radius 1 is 1.05 bits per heavy atom. The number of halogens is 4. The zero-order valence-corrected chi connectivity index (χ0v) is 10.9. The van der Waals surface area contributed by atoms with Gasteiger partial charge in [-0.05, 0) is 30.3 Å². The van der Waals surface area contributed by atoms with Gasteiger partial charge in [-0.2, -0.15) is 0 Å². The van der Waals surface area contributed by atoms with Gasteiger partial charge in [0.2, 0.25) is 0 Å². The van der Waals surface area contributed by atoms with E-state index < -0.39 is 11.6 Å². The SMILES string of the molecule is Fc1ccc2[nH]c(-c3cc(Cl)ccc3Cl)nc2c1F. The molecule has 0 unspecified atom stereocenters. The summed E-state index contributed by atoms with van der Waals surface area (Å²) in [5.41, 5.74) is 0.862. The maximum Gasteiger partial charge on any atom is 0.186 e. The Morgan fingerprint density at radius 3 is 2.63 bits per heavy atom. The van der Waals surface area contributed by atoms with Gasteiger partial charge in [0.1, 0.15) is 11.3 Å². The first-order valence-corrected chi connectivity index (χ1v) is 6.11. The summed E-state index contributed by atoms with van der Waals surface area (Å²) in [6, 6.07) is 7.32. The van der Waals surface area contributed by atoms with Crippen molar-refractivity contribution in [3.8, 4) is 11.4 Å². The summed E-state index contributed by atoms with van der Waals surface area (Å²) >= 11 is 11.9. The van der Waals surface area contributed by atoms with Crippen molar-refractivity contribution in [2.45, 2.75) is 0 Å². The minimum atomic E-state index is -0.988. The molecule has 0 aliphatic carbocycles. The molecular formula is C13H6Cl2F2N2. The first-order valence-electron chi connectivity index (χ1n) is 5.35. The third-order valence-electron chi connectivity index (χ3n) is 2.73. The standard InChI is InChI=1S/C13H6Cl2F2N2/c14-6-1-2-8(15)7(5-6)13-18-10-4-3-9(16)11(17)12(10)19-13/h1-5H,(H,18,19). The van der Waals surface area contributed by atoms with Crippen LogP contribution in [0.1, 0.15) is 0 Å². The minimum Gasteiger partial charge on any atom is -0.338 e. The number of H-pyrrole nitrogens is 1. The van der Waals surface area contributed by atoms with Gasteiger partial charge in [0.25, 0.3) is 0 Å². The molecule has 0 saturated heterocycles. The summed E-state index contributed by atoms with van der Waals surface area (Å²) in [5.74, 6) is -1.59. The van der Waals surface area contributed by atoms with E-state index in [9.17, 15) is 8.78 Å². The summed E-state index contributed by atoms with van der Waals surface area (Å²) in [7, 11) is 0. The summed E-state index contributed by atoms with van der Waals surface area (Å²) in [4.78, 5) is 6.92. The topological polar surface area (TPSA) is 28.7 Å². The number of nitrogens with zero attached hydrogens (tertiary/aromatic N) is 1. The smallest absolute Gasteiger partial charge is 0.186 e. The Bertz CT molecular complexity index is 784. The molecule has 3 rings (SSSR count). The molecule has 2 aromatic carbocycles. The lowest BCUT2D eigenvalue weighted by Crippen LogP contribution is -1.84. The molecule has 96 valence electrons.